The molecule has 20 heavy (non-hydrogen) atoms. The second kappa shape index (κ2) is 5.90. The second-order valence-corrected chi connectivity index (χ2v) is 4.65. The minimum Gasteiger partial charge on any atom is -0.322 e. The number of anilines is 1. The normalized spacial score (nSPS) is 10.1. The van der Waals surface area contributed by atoms with Gasteiger partial charge in [-0.05, 0) is 18.2 Å². The molecule has 0 radical (unpaired) electrons. The van der Waals surface area contributed by atoms with Gasteiger partial charge in [-0.25, -0.2) is 0 Å². The fraction of sp³-hybridized carbons (Fsp3) is 0. The lowest BCUT2D eigenvalue weighted by molar-refractivity contribution is -0.384. The molecule has 102 valence electrons. The predicted octanol–water partition coefficient (Wildman–Crippen LogP) is 4.15. The number of nitro benzene ring substituents is 1. The number of nitro groups is 1. The zero-order chi connectivity index (χ0) is 14.7. The van der Waals surface area contributed by atoms with Crippen molar-refractivity contribution in [1.29, 1.82) is 0 Å². The Morgan fingerprint density at radius 1 is 1.15 bits per heavy atom. The average Bonchev–Trinajstić information content (AvgIpc) is 2.42. The Hall–Kier alpha value is -2.11. The smallest absolute Gasteiger partial charge is 0.290 e. The van der Waals surface area contributed by atoms with E-state index in [4.69, 9.17) is 23.2 Å². The Balaban J connectivity index is 2.33. The number of carbonyl (C=O) groups excluding carboxylic acids is 1. The monoisotopic (exact) mass is 310 g/mol. The summed E-state index contributed by atoms with van der Waals surface area (Å²) in [6.45, 7) is 0. The van der Waals surface area contributed by atoms with E-state index in [2.05, 4.69) is 5.32 Å². The number of halogens is 2. The summed E-state index contributed by atoms with van der Waals surface area (Å²) in [6, 6.07) is 11.1. The molecule has 0 aromatic heterocycles. The highest BCUT2D eigenvalue weighted by Gasteiger charge is 2.20. The second-order valence-electron chi connectivity index (χ2n) is 3.87. The Morgan fingerprint density at radius 3 is 2.40 bits per heavy atom. The number of nitrogens with one attached hydrogen (secondary N) is 1. The fourth-order valence-corrected chi connectivity index (χ4v) is 1.96. The van der Waals surface area contributed by atoms with Crippen molar-refractivity contribution in [2.45, 2.75) is 0 Å². The predicted molar refractivity (Wildman–Crippen MR) is 77.5 cm³/mol. The molecule has 2 aromatic rings. The van der Waals surface area contributed by atoms with Crippen molar-refractivity contribution in [2.75, 3.05) is 5.32 Å². The molecule has 0 saturated heterocycles. The lowest BCUT2D eigenvalue weighted by Crippen LogP contribution is -2.12. The van der Waals surface area contributed by atoms with E-state index < -0.39 is 16.5 Å². The van der Waals surface area contributed by atoms with Crippen molar-refractivity contribution in [2.24, 2.45) is 0 Å². The zero-order valence-corrected chi connectivity index (χ0v) is 11.5. The first-order valence-electron chi connectivity index (χ1n) is 5.49. The maximum Gasteiger partial charge on any atom is 0.290 e. The topological polar surface area (TPSA) is 72.2 Å². The maximum atomic E-state index is 12.0. The highest BCUT2D eigenvalue weighted by molar-refractivity contribution is 6.43. The molecule has 0 atom stereocenters. The lowest BCUT2D eigenvalue weighted by atomic mass is 10.2. The molecule has 2 aromatic carbocycles. The molecule has 0 heterocycles. The van der Waals surface area contributed by atoms with Crippen LogP contribution in [0.15, 0.2) is 42.5 Å². The minimum absolute atomic E-state index is 0.0425. The third-order valence-corrected chi connectivity index (χ3v) is 3.29. The number of para-hydroxylation sites is 1. The van der Waals surface area contributed by atoms with E-state index in [1.54, 1.807) is 30.3 Å². The number of carbonyl (C=O) groups is 1. The molecule has 0 aliphatic carbocycles. The molecule has 0 unspecified atom stereocenters. The van der Waals surface area contributed by atoms with E-state index in [0.29, 0.717) is 5.69 Å². The maximum absolute atomic E-state index is 12.0. The van der Waals surface area contributed by atoms with E-state index in [1.165, 1.54) is 6.07 Å². The molecule has 5 nitrogen and oxygen atoms in total. The van der Waals surface area contributed by atoms with Gasteiger partial charge in [0, 0.05) is 17.3 Å². The summed E-state index contributed by atoms with van der Waals surface area (Å²) in [5.41, 5.74) is 0.235. The van der Waals surface area contributed by atoms with Gasteiger partial charge in [-0.1, -0.05) is 41.4 Å². The summed E-state index contributed by atoms with van der Waals surface area (Å²) >= 11 is 11.5. The summed E-state index contributed by atoms with van der Waals surface area (Å²) < 4.78 is 0. The van der Waals surface area contributed by atoms with Crippen LogP contribution in [0.2, 0.25) is 10.0 Å². The molecule has 1 amide bonds. The number of benzene rings is 2. The standard InChI is InChI=1S/C13H8Cl2N2O3/c14-10-6-8(7-11(12(10)15)17(19)20)13(18)16-9-4-2-1-3-5-9/h1-7H,(H,16,18). The van der Waals surface area contributed by atoms with Gasteiger partial charge in [-0.15, -0.1) is 0 Å². The molecule has 0 fully saturated rings. The van der Waals surface area contributed by atoms with Gasteiger partial charge in [0.15, 0.2) is 0 Å². The van der Waals surface area contributed by atoms with Gasteiger partial charge in [0.25, 0.3) is 11.6 Å². The summed E-state index contributed by atoms with van der Waals surface area (Å²) in [6.07, 6.45) is 0. The molecular weight excluding hydrogens is 303 g/mol. The quantitative estimate of drug-likeness (QED) is 0.683. The van der Waals surface area contributed by atoms with Crippen molar-refractivity contribution in [3.8, 4) is 0 Å². The minimum atomic E-state index is -0.687. The van der Waals surface area contributed by atoms with E-state index in [-0.39, 0.29) is 15.6 Å². The SMILES string of the molecule is O=C(Nc1ccccc1)c1cc(Cl)c(Cl)c([N+](=O)[O-])c1. The van der Waals surface area contributed by atoms with Crippen LogP contribution in [0.1, 0.15) is 10.4 Å². The first-order valence-corrected chi connectivity index (χ1v) is 6.24. The number of nitrogens with zero attached hydrogens (tertiary/aromatic N) is 1. The molecule has 2 rings (SSSR count). The van der Waals surface area contributed by atoms with Crippen LogP contribution in [0, 0.1) is 10.1 Å². The summed E-state index contributed by atoms with van der Waals surface area (Å²) in [4.78, 5) is 22.2. The largest absolute Gasteiger partial charge is 0.322 e. The van der Waals surface area contributed by atoms with E-state index in [0.717, 1.165) is 6.07 Å². The summed E-state index contributed by atoms with van der Waals surface area (Å²) in [5.74, 6) is -0.502. The van der Waals surface area contributed by atoms with Gasteiger partial charge in [0.1, 0.15) is 5.02 Å². The summed E-state index contributed by atoms with van der Waals surface area (Å²) in [5, 5.41) is 13.2. The van der Waals surface area contributed by atoms with Crippen LogP contribution in [0.4, 0.5) is 11.4 Å². The van der Waals surface area contributed by atoms with Gasteiger partial charge < -0.3 is 5.32 Å². The molecule has 7 heteroatoms. The van der Waals surface area contributed by atoms with Crippen molar-refractivity contribution in [3.63, 3.8) is 0 Å². The van der Waals surface area contributed by atoms with Crippen molar-refractivity contribution >= 4 is 40.5 Å². The van der Waals surface area contributed by atoms with Gasteiger partial charge in [-0.2, -0.15) is 0 Å². The Labute approximate surface area is 124 Å². The summed E-state index contributed by atoms with van der Waals surface area (Å²) in [7, 11) is 0. The molecule has 1 N–H and O–H groups in total. The third-order valence-electron chi connectivity index (χ3n) is 2.50. The molecule has 0 bridgehead atoms. The molecule has 0 spiro atoms. The van der Waals surface area contributed by atoms with Crippen molar-refractivity contribution < 1.29 is 9.72 Å². The number of amides is 1. The molecule has 0 aliphatic heterocycles. The third kappa shape index (κ3) is 3.07. The van der Waals surface area contributed by atoms with Crippen LogP contribution in [0.5, 0.6) is 0 Å². The number of hydrogen-bond donors (Lipinski definition) is 1. The van der Waals surface area contributed by atoms with E-state index in [9.17, 15) is 14.9 Å². The van der Waals surface area contributed by atoms with Crippen LogP contribution >= 0.6 is 23.2 Å². The molecular formula is C13H8Cl2N2O3. The van der Waals surface area contributed by atoms with Crippen molar-refractivity contribution in [3.05, 3.63) is 68.2 Å². The average molecular weight is 311 g/mol. The molecule has 0 aliphatic rings. The zero-order valence-electron chi connectivity index (χ0n) is 9.97. The van der Waals surface area contributed by atoms with E-state index in [1.807, 2.05) is 0 Å². The Morgan fingerprint density at radius 2 is 1.80 bits per heavy atom. The molecule has 0 saturated carbocycles. The van der Waals surface area contributed by atoms with Gasteiger partial charge in [0.2, 0.25) is 0 Å². The Bertz CT molecular complexity index is 675. The van der Waals surface area contributed by atoms with Crippen LogP contribution < -0.4 is 5.32 Å². The van der Waals surface area contributed by atoms with Crippen LogP contribution in [0.3, 0.4) is 0 Å². The number of rotatable bonds is 3. The van der Waals surface area contributed by atoms with E-state index >= 15 is 0 Å². The first-order chi connectivity index (χ1) is 9.49. The van der Waals surface area contributed by atoms with Crippen LogP contribution in [-0.2, 0) is 0 Å². The van der Waals surface area contributed by atoms with Crippen LogP contribution in [-0.4, -0.2) is 10.8 Å². The van der Waals surface area contributed by atoms with Crippen molar-refractivity contribution in [1.82, 2.24) is 0 Å². The highest BCUT2D eigenvalue weighted by Crippen LogP contribution is 2.33. The number of hydrogen-bond acceptors (Lipinski definition) is 3. The fourth-order valence-electron chi connectivity index (χ4n) is 1.56. The highest BCUT2D eigenvalue weighted by atomic mass is 35.5. The van der Waals surface area contributed by atoms with Crippen LogP contribution in [0.25, 0.3) is 0 Å². The first kappa shape index (κ1) is 14.3. The van der Waals surface area contributed by atoms with Gasteiger partial charge >= 0.3 is 0 Å². The van der Waals surface area contributed by atoms with Gasteiger partial charge in [0.05, 0.1) is 9.95 Å². The lowest BCUT2D eigenvalue weighted by Gasteiger charge is -2.06. The Kier molecular flexibility index (Phi) is 4.22. The van der Waals surface area contributed by atoms with Gasteiger partial charge in [-0.3, -0.25) is 14.9 Å².